The number of carbonyl (C=O) groups excluding carboxylic acids is 1. The first kappa shape index (κ1) is 18.2. The van der Waals surface area contributed by atoms with Crippen molar-refractivity contribution in [2.24, 2.45) is 5.73 Å². The fraction of sp³-hybridized carbons (Fsp3) is 0. The highest BCUT2D eigenvalue weighted by Crippen LogP contribution is 2.32. The SMILES string of the molecule is NC(=O)c1nc(Nc2ccc(F)nc2)ncc1-c1cnccc1-c1ccccc1. The fourth-order valence-corrected chi connectivity index (χ4v) is 2.88. The first-order valence-electron chi connectivity index (χ1n) is 8.67. The molecular formula is C21H15FN6O. The van der Waals surface area contributed by atoms with E-state index in [2.05, 4.69) is 25.3 Å². The van der Waals surface area contributed by atoms with Gasteiger partial charge in [-0.1, -0.05) is 30.3 Å². The van der Waals surface area contributed by atoms with E-state index in [9.17, 15) is 9.18 Å². The quantitative estimate of drug-likeness (QED) is 0.508. The van der Waals surface area contributed by atoms with Crippen LogP contribution in [0.25, 0.3) is 22.3 Å². The number of halogens is 1. The van der Waals surface area contributed by atoms with Crippen LogP contribution in [0, 0.1) is 5.95 Å². The first-order chi connectivity index (χ1) is 14.1. The lowest BCUT2D eigenvalue weighted by Crippen LogP contribution is -2.16. The average molecular weight is 386 g/mol. The van der Waals surface area contributed by atoms with E-state index < -0.39 is 11.9 Å². The van der Waals surface area contributed by atoms with Crippen LogP contribution in [0.5, 0.6) is 0 Å². The number of hydrogen-bond donors (Lipinski definition) is 2. The molecule has 1 amide bonds. The van der Waals surface area contributed by atoms with Gasteiger partial charge in [0, 0.05) is 29.7 Å². The van der Waals surface area contributed by atoms with Crippen LogP contribution in [-0.2, 0) is 0 Å². The number of benzene rings is 1. The molecule has 0 aliphatic rings. The highest BCUT2D eigenvalue weighted by atomic mass is 19.1. The minimum Gasteiger partial charge on any atom is -0.364 e. The number of primary amides is 1. The Balaban J connectivity index is 1.77. The average Bonchev–Trinajstić information content (AvgIpc) is 2.76. The predicted octanol–water partition coefficient (Wildman–Crippen LogP) is 3.58. The van der Waals surface area contributed by atoms with Gasteiger partial charge in [-0.2, -0.15) is 4.39 Å². The topological polar surface area (TPSA) is 107 Å². The van der Waals surface area contributed by atoms with Crippen LogP contribution < -0.4 is 11.1 Å². The van der Waals surface area contributed by atoms with Crippen LogP contribution in [0.4, 0.5) is 16.0 Å². The Hall–Kier alpha value is -4.20. The van der Waals surface area contributed by atoms with Crippen molar-refractivity contribution in [3.8, 4) is 22.3 Å². The molecule has 0 unspecified atom stereocenters. The molecule has 7 nitrogen and oxygen atoms in total. The minimum atomic E-state index is -0.703. The molecule has 0 aliphatic carbocycles. The minimum absolute atomic E-state index is 0.0442. The summed E-state index contributed by atoms with van der Waals surface area (Å²) in [6.45, 7) is 0. The second-order valence-corrected chi connectivity index (χ2v) is 6.10. The Morgan fingerprint density at radius 1 is 0.897 bits per heavy atom. The van der Waals surface area contributed by atoms with E-state index in [1.807, 2.05) is 36.4 Å². The zero-order valence-electron chi connectivity index (χ0n) is 15.1. The zero-order chi connectivity index (χ0) is 20.2. The lowest BCUT2D eigenvalue weighted by Gasteiger charge is -2.13. The van der Waals surface area contributed by atoms with Crippen molar-refractivity contribution in [3.05, 3.63) is 85.0 Å². The molecule has 0 spiro atoms. The van der Waals surface area contributed by atoms with Gasteiger partial charge in [0.05, 0.1) is 11.9 Å². The maximum atomic E-state index is 13.0. The summed E-state index contributed by atoms with van der Waals surface area (Å²) in [5.41, 5.74) is 9.08. The van der Waals surface area contributed by atoms with Gasteiger partial charge in [0.25, 0.3) is 5.91 Å². The Morgan fingerprint density at radius 3 is 2.45 bits per heavy atom. The summed E-state index contributed by atoms with van der Waals surface area (Å²) in [5.74, 6) is -1.17. The summed E-state index contributed by atoms with van der Waals surface area (Å²) in [4.78, 5) is 28.4. The number of nitrogens with zero attached hydrogens (tertiary/aromatic N) is 4. The maximum Gasteiger partial charge on any atom is 0.268 e. The van der Waals surface area contributed by atoms with Crippen molar-refractivity contribution >= 4 is 17.5 Å². The van der Waals surface area contributed by atoms with Crippen LogP contribution in [-0.4, -0.2) is 25.8 Å². The van der Waals surface area contributed by atoms with Crippen LogP contribution in [0.15, 0.2) is 73.3 Å². The first-order valence-corrected chi connectivity index (χ1v) is 8.67. The van der Waals surface area contributed by atoms with Crippen LogP contribution in [0.1, 0.15) is 10.5 Å². The van der Waals surface area contributed by atoms with Crippen LogP contribution in [0.3, 0.4) is 0 Å². The predicted molar refractivity (Wildman–Crippen MR) is 107 cm³/mol. The largest absolute Gasteiger partial charge is 0.364 e. The molecule has 3 N–H and O–H groups in total. The Bertz CT molecular complexity index is 1170. The summed E-state index contributed by atoms with van der Waals surface area (Å²) in [6.07, 6.45) is 6.12. The van der Waals surface area contributed by atoms with Crippen molar-refractivity contribution in [1.82, 2.24) is 19.9 Å². The molecule has 0 aliphatic heterocycles. The van der Waals surface area contributed by atoms with E-state index in [1.54, 1.807) is 12.4 Å². The summed E-state index contributed by atoms with van der Waals surface area (Å²) in [6, 6.07) is 14.2. The van der Waals surface area contributed by atoms with Gasteiger partial charge in [0.2, 0.25) is 11.9 Å². The lowest BCUT2D eigenvalue weighted by atomic mass is 9.96. The number of anilines is 2. The van der Waals surface area contributed by atoms with Crippen molar-refractivity contribution in [1.29, 1.82) is 0 Å². The van der Waals surface area contributed by atoms with E-state index in [-0.39, 0.29) is 11.6 Å². The van der Waals surface area contributed by atoms with Gasteiger partial charge in [-0.15, -0.1) is 0 Å². The van der Waals surface area contributed by atoms with Crippen molar-refractivity contribution < 1.29 is 9.18 Å². The van der Waals surface area contributed by atoms with Gasteiger partial charge >= 0.3 is 0 Å². The second-order valence-electron chi connectivity index (χ2n) is 6.10. The molecule has 3 heterocycles. The number of rotatable bonds is 5. The van der Waals surface area contributed by atoms with Crippen LogP contribution >= 0.6 is 0 Å². The number of carbonyl (C=O) groups is 1. The van der Waals surface area contributed by atoms with Gasteiger partial charge in [-0.3, -0.25) is 9.78 Å². The van der Waals surface area contributed by atoms with E-state index >= 15 is 0 Å². The van der Waals surface area contributed by atoms with Crippen molar-refractivity contribution in [2.75, 3.05) is 5.32 Å². The third-order valence-corrected chi connectivity index (χ3v) is 4.20. The van der Waals surface area contributed by atoms with E-state index in [4.69, 9.17) is 5.73 Å². The molecule has 4 rings (SSSR count). The molecule has 1 aromatic carbocycles. The molecular weight excluding hydrogens is 371 g/mol. The van der Waals surface area contributed by atoms with Gasteiger partial charge < -0.3 is 11.1 Å². The van der Waals surface area contributed by atoms with Crippen LogP contribution in [0.2, 0.25) is 0 Å². The Morgan fingerprint density at radius 2 is 1.72 bits per heavy atom. The molecule has 29 heavy (non-hydrogen) atoms. The second kappa shape index (κ2) is 7.81. The summed E-state index contributed by atoms with van der Waals surface area (Å²) in [7, 11) is 0. The maximum absolute atomic E-state index is 13.0. The number of nitrogens with two attached hydrogens (primary N) is 1. The molecule has 8 heteroatoms. The zero-order valence-corrected chi connectivity index (χ0v) is 15.1. The van der Waals surface area contributed by atoms with Gasteiger partial charge in [-0.25, -0.2) is 15.0 Å². The number of amides is 1. The highest BCUT2D eigenvalue weighted by molar-refractivity contribution is 6.00. The molecule has 142 valence electrons. The molecule has 0 saturated carbocycles. The Labute approximate surface area is 165 Å². The third-order valence-electron chi connectivity index (χ3n) is 4.20. The molecule has 0 atom stereocenters. The summed E-state index contributed by atoms with van der Waals surface area (Å²) < 4.78 is 13.0. The summed E-state index contributed by atoms with van der Waals surface area (Å²) >= 11 is 0. The van der Waals surface area contributed by atoms with Crippen molar-refractivity contribution in [2.45, 2.75) is 0 Å². The van der Waals surface area contributed by atoms with Gasteiger partial charge in [0.15, 0.2) is 0 Å². The van der Waals surface area contributed by atoms with Gasteiger partial charge in [-0.05, 0) is 29.3 Å². The number of aromatic nitrogens is 4. The number of pyridine rings is 2. The van der Waals surface area contributed by atoms with E-state index in [1.165, 1.54) is 24.5 Å². The van der Waals surface area contributed by atoms with Crippen molar-refractivity contribution in [3.63, 3.8) is 0 Å². The third kappa shape index (κ3) is 3.91. The van der Waals surface area contributed by atoms with E-state index in [0.29, 0.717) is 16.8 Å². The standard InChI is InChI=1S/C21H15FN6O/c22-18-7-6-14(10-25-18)27-21-26-12-17(19(28-21)20(23)29)16-11-24-9-8-15(16)13-4-2-1-3-5-13/h1-12H,(H2,23,29)(H,26,27,28). The molecule has 4 aromatic rings. The molecule has 0 radical (unpaired) electrons. The fourth-order valence-electron chi connectivity index (χ4n) is 2.88. The van der Waals surface area contributed by atoms with Gasteiger partial charge in [0.1, 0.15) is 5.69 Å². The molecule has 3 aromatic heterocycles. The monoisotopic (exact) mass is 386 g/mol. The normalized spacial score (nSPS) is 10.5. The highest BCUT2D eigenvalue weighted by Gasteiger charge is 2.18. The summed E-state index contributed by atoms with van der Waals surface area (Å²) in [5, 5.41) is 2.88. The smallest absolute Gasteiger partial charge is 0.268 e. The van der Waals surface area contributed by atoms with E-state index in [0.717, 1.165) is 11.1 Å². The molecule has 0 saturated heterocycles. The number of nitrogens with one attached hydrogen (secondary N) is 1. The Kier molecular flexibility index (Phi) is 4.90. The lowest BCUT2D eigenvalue weighted by molar-refractivity contribution is 0.0996. The molecule has 0 bridgehead atoms. The molecule has 0 fully saturated rings. The number of hydrogen-bond acceptors (Lipinski definition) is 6.